The molecule has 2 saturated carbocycles. The van der Waals surface area contributed by atoms with Crippen molar-refractivity contribution in [2.45, 2.75) is 38.6 Å². The molecule has 5 rings (SSSR count). The summed E-state index contributed by atoms with van der Waals surface area (Å²) in [6.45, 7) is 2.60. The minimum atomic E-state index is 0.0377. The number of nitrogens with one attached hydrogen (secondary N) is 1. The lowest BCUT2D eigenvalue weighted by Crippen LogP contribution is -2.28. The molecule has 0 amide bonds. The number of hydrogen-bond acceptors (Lipinski definition) is 5. The standard InChI is InChI=1S/C22H24N4O2/c1-2-28-18-8-6-17(7-9-18)24-22-23-13-16-5-10-20(27)26(21(16)25-22)19-12-14-3-4-15(19)11-14/h5-10,13-15,19H,2-4,11-12H2,1H3,(H,23,24,25). The van der Waals surface area contributed by atoms with Crippen LogP contribution in [0.25, 0.3) is 11.0 Å². The number of hydrogen-bond donors (Lipinski definition) is 1. The normalized spacial score (nSPS) is 23.2. The molecule has 1 aromatic carbocycles. The molecule has 2 fully saturated rings. The van der Waals surface area contributed by atoms with Crippen molar-refractivity contribution in [3.63, 3.8) is 0 Å². The first-order valence-electron chi connectivity index (χ1n) is 10.1. The molecule has 2 aliphatic carbocycles. The van der Waals surface area contributed by atoms with Gasteiger partial charge in [-0.1, -0.05) is 6.42 Å². The third-order valence-corrected chi connectivity index (χ3v) is 6.12. The Kier molecular flexibility index (Phi) is 4.26. The van der Waals surface area contributed by atoms with Crippen molar-refractivity contribution in [2.24, 2.45) is 11.8 Å². The fourth-order valence-corrected chi connectivity index (χ4v) is 4.88. The molecule has 2 aliphatic rings. The fourth-order valence-electron chi connectivity index (χ4n) is 4.88. The van der Waals surface area contributed by atoms with Crippen LogP contribution in [-0.4, -0.2) is 21.1 Å². The van der Waals surface area contributed by atoms with Crippen molar-refractivity contribution in [3.05, 3.63) is 52.9 Å². The molecule has 28 heavy (non-hydrogen) atoms. The first kappa shape index (κ1) is 17.2. The van der Waals surface area contributed by atoms with Gasteiger partial charge in [-0.15, -0.1) is 0 Å². The van der Waals surface area contributed by atoms with Gasteiger partial charge in [-0.3, -0.25) is 9.36 Å². The molecule has 3 unspecified atom stereocenters. The topological polar surface area (TPSA) is 69.0 Å². The van der Waals surface area contributed by atoms with E-state index < -0.39 is 0 Å². The van der Waals surface area contributed by atoms with Crippen molar-refractivity contribution in [1.29, 1.82) is 0 Å². The third kappa shape index (κ3) is 3.03. The predicted molar refractivity (Wildman–Crippen MR) is 109 cm³/mol. The molecular formula is C22H24N4O2. The Bertz CT molecular complexity index is 1060. The van der Waals surface area contributed by atoms with E-state index in [0.717, 1.165) is 34.8 Å². The molecule has 0 spiro atoms. The lowest BCUT2D eigenvalue weighted by Gasteiger charge is -2.25. The van der Waals surface area contributed by atoms with Gasteiger partial charge in [0.25, 0.3) is 5.56 Å². The first-order valence-corrected chi connectivity index (χ1v) is 10.1. The number of rotatable bonds is 5. The highest BCUT2D eigenvalue weighted by Crippen LogP contribution is 2.50. The van der Waals surface area contributed by atoms with Crippen molar-refractivity contribution < 1.29 is 4.74 Å². The van der Waals surface area contributed by atoms with Gasteiger partial charge in [-0.05, 0) is 68.4 Å². The number of nitrogens with zero attached hydrogens (tertiary/aromatic N) is 3. The van der Waals surface area contributed by atoms with Crippen LogP contribution in [0.15, 0.2) is 47.4 Å². The lowest BCUT2D eigenvalue weighted by atomic mass is 9.95. The quantitative estimate of drug-likeness (QED) is 0.719. The Balaban J connectivity index is 1.49. The zero-order valence-electron chi connectivity index (χ0n) is 16.0. The van der Waals surface area contributed by atoms with E-state index >= 15 is 0 Å². The summed E-state index contributed by atoms with van der Waals surface area (Å²) in [5, 5.41) is 4.15. The molecule has 3 atom stereocenters. The second-order valence-electron chi connectivity index (χ2n) is 7.84. The zero-order valence-corrected chi connectivity index (χ0v) is 16.0. The fraction of sp³-hybridized carbons (Fsp3) is 0.409. The monoisotopic (exact) mass is 376 g/mol. The van der Waals surface area contributed by atoms with E-state index in [1.165, 1.54) is 19.3 Å². The Morgan fingerprint density at radius 3 is 2.71 bits per heavy atom. The molecule has 2 bridgehead atoms. The van der Waals surface area contributed by atoms with E-state index in [-0.39, 0.29) is 11.6 Å². The molecule has 6 nitrogen and oxygen atoms in total. The van der Waals surface area contributed by atoms with E-state index in [1.54, 1.807) is 12.3 Å². The van der Waals surface area contributed by atoms with Crippen LogP contribution in [-0.2, 0) is 0 Å². The second kappa shape index (κ2) is 6.93. The predicted octanol–water partition coefficient (Wildman–Crippen LogP) is 4.29. The van der Waals surface area contributed by atoms with Gasteiger partial charge in [-0.2, -0.15) is 4.98 Å². The zero-order chi connectivity index (χ0) is 19.1. The summed E-state index contributed by atoms with van der Waals surface area (Å²) in [6, 6.07) is 11.4. The van der Waals surface area contributed by atoms with Crippen LogP contribution in [0.3, 0.4) is 0 Å². The Morgan fingerprint density at radius 1 is 1.14 bits per heavy atom. The molecule has 3 aromatic rings. The highest BCUT2D eigenvalue weighted by Gasteiger charge is 2.41. The summed E-state index contributed by atoms with van der Waals surface area (Å²) in [4.78, 5) is 21.9. The number of ether oxygens (including phenoxy) is 1. The maximum atomic E-state index is 12.7. The summed E-state index contributed by atoms with van der Waals surface area (Å²) in [6.07, 6.45) is 6.66. The van der Waals surface area contributed by atoms with Crippen molar-refractivity contribution in [2.75, 3.05) is 11.9 Å². The SMILES string of the molecule is CCOc1ccc(Nc2ncc3ccc(=O)n(C4CC5CCC4C5)c3n2)cc1. The number of fused-ring (bicyclic) bond motifs is 3. The summed E-state index contributed by atoms with van der Waals surface area (Å²) in [5.41, 5.74) is 1.65. The Morgan fingerprint density at radius 2 is 2.00 bits per heavy atom. The summed E-state index contributed by atoms with van der Waals surface area (Å²) in [7, 11) is 0. The van der Waals surface area contributed by atoms with E-state index in [2.05, 4.69) is 10.3 Å². The third-order valence-electron chi connectivity index (χ3n) is 6.12. The molecule has 6 heteroatoms. The van der Waals surface area contributed by atoms with Crippen LogP contribution in [0.1, 0.15) is 38.6 Å². The molecule has 1 N–H and O–H groups in total. The van der Waals surface area contributed by atoms with Crippen molar-refractivity contribution in [1.82, 2.24) is 14.5 Å². The molecule has 144 valence electrons. The maximum Gasteiger partial charge on any atom is 0.252 e. The molecule has 2 heterocycles. The molecule has 2 aromatic heterocycles. The van der Waals surface area contributed by atoms with Gasteiger partial charge in [-0.25, -0.2) is 4.98 Å². The van der Waals surface area contributed by atoms with Gasteiger partial charge in [0.1, 0.15) is 11.4 Å². The number of benzene rings is 1. The average Bonchev–Trinajstić information content (AvgIpc) is 3.33. The molecule has 0 aliphatic heterocycles. The summed E-state index contributed by atoms with van der Waals surface area (Å²) >= 11 is 0. The van der Waals surface area contributed by atoms with Gasteiger partial charge in [0.15, 0.2) is 0 Å². The Labute approximate surface area is 163 Å². The number of pyridine rings is 1. The maximum absolute atomic E-state index is 12.7. The van der Waals surface area contributed by atoms with E-state index in [4.69, 9.17) is 9.72 Å². The highest BCUT2D eigenvalue weighted by molar-refractivity contribution is 5.76. The number of anilines is 2. The van der Waals surface area contributed by atoms with Gasteiger partial charge >= 0.3 is 0 Å². The molecular weight excluding hydrogens is 352 g/mol. The largest absolute Gasteiger partial charge is 0.494 e. The first-order chi connectivity index (χ1) is 13.7. The van der Waals surface area contributed by atoms with Crippen LogP contribution in [0.4, 0.5) is 11.6 Å². The van der Waals surface area contributed by atoms with Gasteiger partial charge in [0.05, 0.1) is 6.61 Å². The highest BCUT2D eigenvalue weighted by atomic mass is 16.5. The number of aromatic nitrogens is 3. The van der Waals surface area contributed by atoms with Crippen molar-refractivity contribution in [3.8, 4) is 5.75 Å². The van der Waals surface area contributed by atoms with E-state index in [1.807, 2.05) is 41.8 Å². The Hall–Kier alpha value is -2.89. The minimum absolute atomic E-state index is 0.0377. The van der Waals surface area contributed by atoms with Crippen molar-refractivity contribution >= 4 is 22.7 Å². The minimum Gasteiger partial charge on any atom is -0.494 e. The van der Waals surface area contributed by atoms with Crippen LogP contribution < -0.4 is 15.6 Å². The van der Waals surface area contributed by atoms with Crippen LogP contribution in [0, 0.1) is 11.8 Å². The van der Waals surface area contributed by atoms with Gasteiger partial charge in [0, 0.05) is 29.4 Å². The van der Waals surface area contributed by atoms with Crippen LogP contribution in [0.5, 0.6) is 5.75 Å². The smallest absolute Gasteiger partial charge is 0.252 e. The summed E-state index contributed by atoms with van der Waals surface area (Å²) < 4.78 is 7.40. The van der Waals surface area contributed by atoms with Crippen LogP contribution in [0.2, 0.25) is 0 Å². The van der Waals surface area contributed by atoms with E-state index in [0.29, 0.717) is 18.5 Å². The molecule has 0 saturated heterocycles. The van der Waals surface area contributed by atoms with E-state index in [9.17, 15) is 4.79 Å². The average molecular weight is 376 g/mol. The van der Waals surface area contributed by atoms with Crippen LogP contribution >= 0.6 is 0 Å². The second-order valence-corrected chi connectivity index (χ2v) is 7.84. The lowest BCUT2D eigenvalue weighted by molar-refractivity contribution is 0.329. The van der Waals surface area contributed by atoms with Gasteiger partial charge in [0.2, 0.25) is 5.95 Å². The van der Waals surface area contributed by atoms with Gasteiger partial charge < -0.3 is 10.1 Å². The molecule has 0 radical (unpaired) electrons. The summed E-state index contributed by atoms with van der Waals surface area (Å²) in [5.74, 6) is 2.70.